The van der Waals surface area contributed by atoms with Gasteiger partial charge in [-0.3, -0.25) is 4.98 Å². The third kappa shape index (κ3) is 1.88. The molecule has 4 heteroatoms. The second-order valence-corrected chi connectivity index (χ2v) is 3.32. The van der Waals surface area contributed by atoms with E-state index >= 15 is 0 Å². The monoisotopic (exact) mass is 205 g/mol. The molecular weight excluding hydrogens is 198 g/mol. The molecule has 70 valence electrons. The molecule has 2 aromatic heterocycles. The Bertz CT molecular complexity index is 379. The average Bonchev–Trinajstić information content (AvgIpc) is 2.21. The van der Waals surface area contributed by atoms with Gasteiger partial charge in [0.25, 0.3) is 0 Å². The van der Waals surface area contributed by atoms with E-state index in [-0.39, 0.29) is 0 Å². The van der Waals surface area contributed by atoms with Crippen LogP contribution < -0.4 is 0 Å². The summed E-state index contributed by atoms with van der Waals surface area (Å²) in [5, 5.41) is 8.12. The van der Waals surface area contributed by atoms with Gasteiger partial charge in [0.15, 0.2) is 5.15 Å². The molecule has 2 heterocycles. The Labute approximate surface area is 86.8 Å². The Morgan fingerprint density at radius 3 is 2.50 bits per heavy atom. The van der Waals surface area contributed by atoms with Gasteiger partial charge in [-0.1, -0.05) is 11.6 Å². The van der Waals surface area contributed by atoms with Crippen LogP contribution in [0.4, 0.5) is 0 Å². The molecule has 0 N–H and O–H groups in total. The molecule has 0 unspecified atom stereocenters. The molecule has 0 aromatic carbocycles. The lowest BCUT2D eigenvalue weighted by molar-refractivity contribution is 1.03. The minimum absolute atomic E-state index is 0.397. The minimum atomic E-state index is 0.397. The van der Waals surface area contributed by atoms with Crippen LogP contribution in [-0.2, 0) is 0 Å². The number of nitrogens with zero attached hydrogens (tertiary/aromatic N) is 3. The van der Waals surface area contributed by atoms with E-state index in [0.717, 1.165) is 17.0 Å². The Balaban J connectivity index is 2.40. The molecule has 2 aromatic rings. The topological polar surface area (TPSA) is 38.7 Å². The molecule has 0 spiro atoms. The van der Waals surface area contributed by atoms with Gasteiger partial charge in [-0.05, 0) is 31.2 Å². The van der Waals surface area contributed by atoms with Gasteiger partial charge >= 0.3 is 0 Å². The molecule has 3 nitrogen and oxygen atoms in total. The second-order valence-electron chi connectivity index (χ2n) is 2.93. The molecule has 0 amide bonds. The average molecular weight is 206 g/mol. The number of pyridine rings is 1. The third-order valence-electron chi connectivity index (χ3n) is 1.84. The number of aromatic nitrogens is 3. The van der Waals surface area contributed by atoms with Crippen molar-refractivity contribution in [3.8, 4) is 11.3 Å². The summed E-state index contributed by atoms with van der Waals surface area (Å²) < 4.78 is 0. The van der Waals surface area contributed by atoms with Gasteiger partial charge in [0.2, 0.25) is 0 Å². The maximum absolute atomic E-state index is 5.64. The van der Waals surface area contributed by atoms with Gasteiger partial charge in [-0.15, -0.1) is 10.2 Å². The minimum Gasteiger partial charge on any atom is -0.261 e. The highest BCUT2D eigenvalue weighted by atomic mass is 35.5. The molecule has 2 rings (SSSR count). The number of halogens is 1. The van der Waals surface area contributed by atoms with E-state index in [1.807, 2.05) is 25.1 Å². The molecular formula is C10H8ClN3. The smallest absolute Gasteiger partial charge is 0.151 e. The van der Waals surface area contributed by atoms with Crippen LogP contribution in [0.15, 0.2) is 30.5 Å². The molecule has 0 saturated heterocycles. The largest absolute Gasteiger partial charge is 0.261 e. The summed E-state index contributed by atoms with van der Waals surface area (Å²) in [6, 6.07) is 7.43. The van der Waals surface area contributed by atoms with E-state index in [2.05, 4.69) is 15.2 Å². The van der Waals surface area contributed by atoms with Gasteiger partial charge in [-0.2, -0.15) is 0 Å². The molecule has 0 aliphatic carbocycles. The summed E-state index contributed by atoms with van der Waals surface area (Å²) in [5.41, 5.74) is 2.71. The quantitative estimate of drug-likeness (QED) is 0.718. The van der Waals surface area contributed by atoms with E-state index in [1.54, 1.807) is 12.3 Å². The number of aryl methyl sites for hydroxylation is 1. The summed E-state index contributed by atoms with van der Waals surface area (Å²) in [6.07, 6.45) is 1.77. The lowest BCUT2D eigenvalue weighted by Crippen LogP contribution is -1.88. The summed E-state index contributed by atoms with van der Waals surface area (Å²) in [7, 11) is 0. The van der Waals surface area contributed by atoms with Crippen LogP contribution in [-0.4, -0.2) is 15.2 Å². The summed E-state index contributed by atoms with van der Waals surface area (Å²) >= 11 is 5.64. The van der Waals surface area contributed by atoms with Crippen LogP contribution >= 0.6 is 11.6 Å². The van der Waals surface area contributed by atoms with Gasteiger partial charge in [0.05, 0.1) is 5.69 Å². The molecule has 0 aliphatic rings. The van der Waals surface area contributed by atoms with Crippen LogP contribution in [0.5, 0.6) is 0 Å². The predicted octanol–water partition coefficient (Wildman–Crippen LogP) is 2.50. The van der Waals surface area contributed by atoms with E-state index in [4.69, 9.17) is 11.6 Å². The highest BCUT2D eigenvalue weighted by Crippen LogP contribution is 2.15. The van der Waals surface area contributed by atoms with E-state index < -0.39 is 0 Å². The fourth-order valence-corrected chi connectivity index (χ4v) is 1.19. The highest BCUT2D eigenvalue weighted by molar-refractivity contribution is 6.29. The maximum atomic E-state index is 5.64. The molecule has 14 heavy (non-hydrogen) atoms. The van der Waals surface area contributed by atoms with Gasteiger partial charge in [0, 0.05) is 17.5 Å². The first-order valence-corrected chi connectivity index (χ1v) is 4.56. The van der Waals surface area contributed by atoms with Crippen molar-refractivity contribution in [3.63, 3.8) is 0 Å². The fraction of sp³-hybridized carbons (Fsp3) is 0.100. The Kier molecular flexibility index (Phi) is 2.41. The van der Waals surface area contributed by atoms with Crippen molar-refractivity contribution in [1.82, 2.24) is 15.2 Å². The number of hydrogen-bond acceptors (Lipinski definition) is 3. The van der Waals surface area contributed by atoms with Crippen molar-refractivity contribution in [2.75, 3.05) is 0 Å². The van der Waals surface area contributed by atoms with Crippen LogP contribution in [0.2, 0.25) is 5.15 Å². The molecule has 0 aliphatic heterocycles. The predicted molar refractivity (Wildman–Crippen MR) is 55.0 cm³/mol. The van der Waals surface area contributed by atoms with Gasteiger partial charge < -0.3 is 0 Å². The lowest BCUT2D eigenvalue weighted by atomic mass is 10.2. The standard InChI is InChI=1S/C10H8ClN3/c1-7-2-3-8(6-12-7)9-4-5-10(11)14-13-9/h2-6H,1H3. The number of rotatable bonds is 1. The van der Waals surface area contributed by atoms with Crippen molar-refractivity contribution in [2.24, 2.45) is 0 Å². The van der Waals surface area contributed by atoms with Crippen molar-refractivity contribution in [3.05, 3.63) is 41.3 Å². The molecule has 0 saturated carbocycles. The maximum Gasteiger partial charge on any atom is 0.151 e. The van der Waals surface area contributed by atoms with Crippen LogP contribution in [0.1, 0.15) is 5.69 Å². The molecule has 0 atom stereocenters. The van der Waals surface area contributed by atoms with Crippen LogP contribution in [0.25, 0.3) is 11.3 Å². The molecule has 0 radical (unpaired) electrons. The van der Waals surface area contributed by atoms with Crippen LogP contribution in [0.3, 0.4) is 0 Å². The molecule has 0 bridgehead atoms. The van der Waals surface area contributed by atoms with Crippen molar-refractivity contribution in [1.29, 1.82) is 0 Å². The lowest BCUT2D eigenvalue weighted by Gasteiger charge is -1.99. The summed E-state index contributed by atoms with van der Waals surface area (Å²) in [4.78, 5) is 4.18. The zero-order valence-corrected chi connectivity index (χ0v) is 8.36. The highest BCUT2D eigenvalue weighted by Gasteiger charge is 1.99. The Hall–Kier alpha value is -1.48. The van der Waals surface area contributed by atoms with Crippen molar-refractivity contribution < 1.29 is 0 Å². The zero-order chi connectivity index (χ0) is 9.97. The first kappa shape index (κ1) is 9.09. The van der Waals surface area contributed by atoms with Gasteiger partial charge in [0.1, 0.15) is 0 Å². The van der Waals surface area contributed by atoms with Crippen molar-refractivity contribution >= 4 is 11.6 Å². The Morgan fingerprint density at radius 1 is 1.07 bits per heavy atom. The van der Waals surface area contributed by atoms with E-state index in [1.165, 1.54) is 0 Å². The summed E-state index contributed by atoms with van der Waals surface area (Å²) in [6.45, 7) is 1.94. The second kappa shape index (κ2) is 3.72. The first-order valence-electron chi connectivity index (χ1n) is 4.18. The van der Waals surface area contributed by atoms with E-state index in [0.29, 0.717) is 5.15 Å². The zero-order valence-electron chi connectivity index (χ0n) is 7.61. The normalized spacial score (nSPS) is 10.1. The van der Waals surface area contributed by atoms with Crippen LogP contribution in [0, 0.1) is 6.92 Å². The van der Waals surface area contributed by atoms with Crippen molar-refractivity contribution in [2.45, 2.75) is 6.92 Å². The third-order valence-corrected chi connectivity index (χ3v) is 2.04. The SMILES string of the molecule is Cc1ccc(-c2ccc(Cl)nn2)cn1. The molecule has 0 fully saturated rings. The van der Waals surface area contributed by atoms with E-state index in [9.17, 15) is 0 Å². The Morgan fingerprint density at radius 2 is 1.93 bits per heavy atom. The first-order chi connectivity index (χ1) is 6.75. The number of hydrogen-bond donors (Lipinski definition) is 0. The van der Waals surface area contributed by atoms with Gasteiger partial charge in [-0.25, -0.2) is 0 Å². The fourth-order valence-electron chi connectivity index (χ4n) is 1.09. The summed E-state index contributed by atoms with van der Waals surface area (Å²) in [5.74, 6) is 0.